The number of aryl methyl sites for hydroxylation is 1. The molecule has 104 valence electrons. The van der Waals surface area contributed by atoms with Crippen LogP contribution in [-0.2, 0) is 4.79 Å². The smallest absolute Gasteiger partial charge is 0.303 e. The molecular weight excluding hydrogens is 246 g/mol. The molecule has 0 saturated carbocycles. The Labute approximate surface area is 112 Å². The third-order valence-corrected chi connectivity index (χ3v) is 3.47. The van der Waals surface area contributed by atoms with E-state index in [0.717, 1.165) is 22.6 Å². The zero-order chi connectivity index (χ0) is 14.0. The molecule has 1 heterocycles. The number of aliphatic carboxylic acids is 1. The van der Waals surface area contributed by atoms with E-state index in [0.29, 0.717) is 0 Å². The lowest BCUT2D eigenvalue weighted by atomic mass is 9.89. The fourth-order valence-corrected chi connectivity index (χ4v) is 2.53. The van der Waals surface area contributed by atoms with Crippen molar-refractivity contribution >= 4 is 5.97 Å². The van der Waals surface area contributed by atoms with Crippen molar-refractivity contribution in [1.29, 1.82) is 0 Å². The number of hydrogen-bond acceptors (Lipinski definition) is 4. The number of rotatable bonds is 5. The van der Waals surface area contributed by atoms with E-state index in [-0.39, 0.29) is 25.2 Å². The van der Waals surface area contributed by atoms with Crippen molar-refractivity contribution in [3.05, 3.63) is 23.3 Å². The number of benzene rings is 1. The van der Waals surface area contributed by atoms with Gasteiger partial charge in [-0.25, -0.2) is 0 Å². The Balaban J connectivity index is 2.30. The second-order valence-electron chi connectivity index (χ2n) is 4.90. The van der Waals surface area contributed by atoms with Crippen LogP contribution in [-0.4, -0.2) is 24.9 Å². The highest BCUT2D eigenvalue weighted by Crippen LogP contribution is 2.38. The van der Waals surface area contributed by atoms with Gasteiger partial charge in [0.1, 0.15) is 0 Å². The molecule has 2 N–H and O–H groups in total. The van der Waals surface area contributed by atoms with Gasteiger partial charge < -0.3 is 19.9 Å². The third-order valence-electron chi connectivity index (χ3n) is 3.47. The average molecular weight is 265 g/mol. The monoisotopic (exact) mass is 265 g/mol. The molecule has 2 unspecified atom stereocenters. The minimum atomic E-state index is -0.786. The van der Waals surface area contributed by atoms with Crippen LogP contribution in [0.15, 0.2) is 12.1 Å². The Kier molecular flexibility index (Phi) is 3.95. The standard InChI is InChI=1S/C14H19NO4/c1-8-4-11-12(19-7-18-11)6-10(8)14(15-3)9(2)5-13(16)17/h4,6,9,14-15H,5,7H2,1-3H3,(H,16,17). The second-order valence-corrected chi connectivity index (χ2v) is 4.90. The highest BCUT2D eigenvalue weighted by molar-refractivity contribution is 5.67. The van der Waals surface area contributed by atoms with Gasteiger partial charge >= 0.3 is 5.97 Å². The molecule has 1 aliphatic heterocycles. The summed E-state index contributed by atoms with van der Waals surface area (Å²) in [6.45, 7) is 4.17. The van der Waals surface area contributed by atoms with E-state index in [1.54, 1.807) is 0 Å². The van der Waals surface area contributed by atoms with Gasteiger partial charge in [0, 0.05) is 12.5 Å². The average Bonchev–Trinajstić information content (AvgIpc) is 2.76. The molecule has 0 bridgehead atoms. The molecular formula is C14H19NO4. The second kappa shape index (κ2) is 5.48. The molecule has 0 amide bonds. The number of fused-ring (bicyclic) bond motifs is 1. The summed E-state index contributed by atoms with van der Waals surface area (Å²) in [6, 6.07) is 3.86. The molecule has 2 rings (SSSR count). The summed E-state index contributed by atoms with van der Waals surface area (Å²) in [5.41, 5.74) is 2.13. The number of carbonyl (C=O) groups is 1. The van der Waals surface area contributed by atoms with Crippen molar-refractivity contribution in [2.45, 2.75) is 26.3 Å². The Morgan fingerprint density at radius 1 is 1.42 bits per heavy atom. The van der Waals surface area contributed by atoms with Crippen LogP contribution in [0.25, 0.3) is 0 Å². The van der Waals surface area contributed by atoms with Crippen molar-refractivity contribution in [1.82, 2.24) is 5.32 Å². The molecule has 1 aromatic carbocycles. The van der Waals surface area contributed by atoms with Crippen LogP contribution in [0, 0.1) is 12.8 Å². The molecule has 0 spiro atoms. The first-order chi connectivity index (χ1) is 9.02. The van der Waals surface area contributed by atoms with E-state index in [2.05, 4.69) is 5.32 Å². The van der Waals surface area contributed by atoms with Crippen LogP contribution in [0.2, 0.25) is 0 Å². The molecule has 1 aromatic rings. The number of carboxylic acid groups (broad SMARTS) is 1. The van der Waals surface area contributed by atoms with Gasteiger partial charge in [-0.15, -0.1) is 0 Å². The maximum atomic E-state index is 10.9. The fourth-order valence-electron chi connectivity index (χ4n) is 2.53. The Hall–Kier alpha value is -1.75. The predicted molar refractivity (Wildman–Crippen MR) is 70.5 cm³/mol. The SMILES string of the molecule is CNC(c1cc2c(cc1C)OCO2)C(C)CC(=O)O. The number of hydrogen-bond donors (Lipinski definition) is 2. The first-order valence-electron chi connectivity index (χ1n) is 6.32. The van der Waals surface area contributed by atoms with Gasteiger partial charge in [0.25, 0.3) is 0 Å². The van der Waals surface area contributed by atoms with Gasteiger partial charge in [-0.05, 0) is 43.1 Å². The van der Waals surface area contributed by atoms with Crippen LogP contribution < -0.4 is 14.8 Å². The van der Waals surface area contributed by atoms with Crippen LogP contribution in [0.5, 0.6) is 11.5 Å². The molecule has 5 heteroatoms. The van der Waals surface area contributed by atoms with E-state index < -0.39 is 5.97 Å². The molecule has 19 heavy (non-hydrogen) atoms. The summed E-state index contributed by atoms with van der Waals surface area (Å²) < 4.78 is 10.7. The van der Waals surface area contributed by atoms with Crippen molar-refractivity contribution in [3.63, 3.8) is 0 Å². The topological polar surface area (TPSA) is 67.8 Å². The summed E-state index contributed by atoms with van der Waals surface area (Å²) in [5.74, 6) is 0.679. The largest absolute Gasteiger partial charge is 0.481 e. The predicted octanol–water partition coefficient (Wildman–Crippen LogP) is 2.10. The molecule has 2 atom stereocenters. The maximum absolute atomic E-state index is 10.9. The van der Waals surface area contributed by atoms with Crippen molar-refractivity contribution in [2.75, 3.05) is 13.8 Å². The number of nitrogens with one attached hydrogen (secondary N) is 1. The van der Waals surface area contributed by atoms with Gasteiger partial charge in [-0.2, -0.15) is 0 Å². The first kappa shape index (κ1) is 13.7. The third kappa shape index (κ3) is 2.81. The maximum Gasteiger partial charge on any atom is 0.303 e. The fraction of sp³-hybridized carbons (Fsp3) is 0.500. The molecule has 1 aliphatic rings. The highest BCUT2D eigenvalue weighted by atomic mass is 16.7. The molecule has 0 aromatic heterocycles. The van der Waals surface area contributed by atoms with Crippen molar-refractivity contribution in [2.24, 2.45) is 5.92 Å². The van der Waals surface area contributed by atoms with Gasteiger partial charge in [-0.1, -0.05) is 6.92 Å². The summed E-state index contributed by atoms with van der Waals surface area (Å²) >= 11 is 0. The lowest BCUT2D eigenvalue weighted by molar-refractivity contribution is -0.138. The normalized spacial score (nSPS) is 16.2. The van der Waals surface area contributed by atoms with Crippen LogP contribution in [0.3, 0.4) is 0 Å². The van der Waals surface area contributed by atoms with E-state index >= 15 is 0 Å². The lowest BCUT2D eigenvalue weighted by Gasteiger charge is -2.24. The van der Waals surface area contributed by atoms with Crippen molar-refractivity contribution < 1.29 is 19.4 Å². The van der Waals surface area contributed by atoms with Crippen molar-refractivity contribution in [3.8, 4) is 11.5 Å². The van der Waals surface area contributed by atoms with Crippen LogP contribution in [0.4, 0.5) is 0 Å². The summed E-state index contributed by atoms with van der Waals surface area (Å²) in [4.78, 5) is 10.9. The highest BCUT2D eigenvalue weighted by Gasteiger charge is 2.24. The quantitative estimate of drug-likeness (QED) is 0.853. The molecule has 0 aliphatic carbocycles. The number of carboxylic acids is 1. The first-order valence-corrected chi connectivity index (χ1v) is 6.32. The lowest BCUT2D eigenvalue weighted by Crippen LogP contribution is -2.26. The Morgan fingerprint density at radius 2 is 2.05 bits per heavy atom. The van der Waals surface area contributed by atoms with E-state index in [9.17, 15) is 4.79 Å². The van der Waals surface area contributed by atoms with Gasteiger partial charge in [0.15, 0.2) is 11.5 Å². The number of ether oxygens (including phenoxy) is 2. The molecule has 0 saturated heterocycles. The molecule has 0 radical (unpaired) electrons. The summed E-state index contributed by atoms with van der Waals surface area (Å²) in [7, 11) is 1.84. The summed E-state index contributed by atoms with van der Waals surface area (Å²) in [6.07, 6.45) is 0.124. The van der Waals surface area contributed by atoms with Crippen LogP contribution in [0.1, 0.15) is 30.5 Å². The van der Waals surface area contributed by atoms with Gasteiger partial charge in [0.2, 0.25) is 6.79 Å². The zero-order valence-corrected chi connectivity index (χ0v) is 11.4. The zero-order valence-electron chi connectivity index (χ0n) is 11.4. The minimum absolute atomic E-state index is 0.0124. The van der Waals surface area contributed by atoms with Gasteiger partial charge in [-0.3, -0.25) is 4.79 Å². The van der Waals surface area contributed by atoms with E-state index in [4.69, 9.17) is 14.6 Å². The Bertz CT molecular complexity index is 487. The minimum Gasteiger partial charge on any atom is -0.481 e. The Morgan fingerprint density at radius 3 is 2.63 bits per heavy atom. The van der Waals surface area contributed by atoms with Gasteiger partial charge in [0.05, 0.1) is 0 Å². The molecule has 5 nitrogen and oxygen atoms in total. The van der Waals surface area contributed by atoms with E-state index in [1.165, 1.54) is 0 Å². The molecule has 0 fully saturated rings. The van der Waals surface area contributed by atoms with E-state index in [1.807, 2.05) is 33.0 Å². The van der Waals surface area contributed by atoms with Crippen LogP contribution >= 0.6 is 0 Å². The summed E-state index contributed by atoms with van der Waals surface area (Å²) in [5, 5.41) is 12.1.